The van der Waals surface area contributed by atoms with Crippen molar-refractivity contribution < 1.29 is 14.6 Å². The van der Waals surface area contributed by atoms with E-state index >= 15 is 0 Å². The molecule has 3 aromatic rings. The van der Waals surface area contributed by atoms with E-state index in [1.165, 1.54) is 5.56 Å². The molecule has 3 atom stereocenters. The van der Waals surface area contributed by atoms with Crippen LogP contribution in [0.15, 0.2) is 66.9 Å². The van der Waals surface area contributed by atoms with Crippen molar-refractivity contribution in [2.45, 2.75) is 77.0 Å². The van der Waals surface area contributed by atoms with Gasteiger partial charge < -0.3 is 20.1 Å². The summed E-state index contributed by atoms with van der Waals surface area (Å²) in [5.41, 5.74) is 2.66. The molecule has 1 heterocycles. The maximum absolute atomic E-state index is 12.6. The van der Waals surface area contributed by atoms with Crippen molar-refractivity contribution in [2.24, 2.45) is 0 Å². The monoisotopic (exact) mass is 463 g/mol. The first-order valence-corrected chi connectivity index (χ1v) is 12.0. The molecule has 2 aromatic carbocycles. The number of aromatic amines is 1. The summed E-state index contributed by atoms with van der Waals surface area (Å²) in [5.74, 6) is 0.826. The Bertz CT molecular complexity index is 1010. The predicted molar refractivity (Wildman–Crippen MR) is 135 cm³/mol. The number of imidazole rings is 1. The quantitative estimate of drug-likeness (QED) is 0.386. The van der Waals surface area contributed by atoms with Crippen LogP contribution >= 0.6 is 0 Å². The number of H-pyrrole nitrogens is 1. The first kappa shape index (κ1) is 25.5. The lowest BCUT2D eigenvalue weighted by Gasteiger charge is -2.29. The Balaban J connectivity index is 1.81. The van der Waals surface area contributed by atoms with E-state index in [-0.39, 0.29) is 5.92 Å². The third-order valence-corrected chi connectivity index (χ3v) is 5.73. The average molecular weight is 464 g/mol. The summed E-state index contributed by atoms with van der Waals surface area (Å²) in [6.45, 7) is 7.56. The number of aliphatic hydroxyl groups excluding tert-OH is 1. The lowest BCUT2D eigenvalue weighted by Crippen LogP contribution is -2.47. The van der Waals surface area contributed by atoms with E-state index in [2.05, 4.69) is 34.3 Å². The van der Waals surface area contributed by atoms with Crippen molar-refractivity contribution in [2.75, 3.05) is 0 Å². The molecule has 0 spiro atoms. The van der Waals surface area contributed by atoms with Gasteiger partial charge in [-0.3, -0.25) is 0 Å². The number of aliphatic hydroxyl groups is 1. The van der Waals surface area contributed by atoms with Crippen LogP contribution in [0.5, 0.6) is 0 Å². The second kappa shape index (κ2) is 11.8. The number of nitrogens with zero attached hydrogens (tertiary/aromatic N) is 1. The molecule has 0 radical (unpaired) electrons. The number of hydrogen-bond donors (Lipinski definition) is 3. The Morgan fingerprint density at radius 2 is 1.62 bits per heavy atom. The van der Waals surface area contributed by atoms with Crippen LogP contribution in [-0.4, -0.2) is 38.9 Å². The molecule has 0 aliphatic rings. The fourth-order valence-electron chi connectivity index (χ4n) is 4.02. The van der Waals surface area contributed by atoms with Crippen LogP contribution in [0, 0.1) is 0 Å². The molecule has 1 amide bonds. The number of benzene rings is 2. The number of aryl methyl sites for hydroxylation is 1. The second-order valence-corrected chi connectivity index (χ2v) is 9.78. The molecule has 3 N–H and O–H groups in total. The number of ether oxygens (including phenoxy) is 1. The molecule has 0 unspecified atom stereocenters. The predicted octanol–water partition coefficient (Wildman–Crippen LogP) is 5.19. The summed E-state index contributed by atoms with van der Waals surface area (Å²) < 4.78 is 5.48. The zero-order valence-corrected chi connectivity index (χ0v) is 20.6. The number of aromatic nitrogens is 2. The summed E-state index contributed by atoms with van der Waals surface area (Å²) in [4.78, 5) is 20.6. The maximum atomic E-state index is 12.6. The highest BCUT2D eigenvalue weighted by molar-refractivity contribution is 5.68. The number of nitrogens with one attached hydrogen (secondary N) is 2. The van der Waals surface area contributed by atoms with Gasteiger partial charge in [-0.05, 0) is 57.6 Å². The third kappa shape index (κ3) is 8.03. The minimum Gasteiger partial charge on any atom is -0.444 e. The third-order valence-electron chi connectivity index (χ3n) is 5.73. The Kier molecular flexibility index (Phi) is 8.88. The molecule has 6 nitrogen and oxygen atoms in total. The van der Waals surface area contributed by atoms with Crippen LogP contribution in [0.3, 0.4) is 0 Å². The summed E-state index contributed by atoms with van der Waals surface area (Å²) >= 11 is 0. The van der Waals surface area contributed by atoms with Crippen LogP contribution in [0.4, 0.5) is 4.79 Å². The summed E-state index contributed by atoms with van der Waals surface area (Å²) in [6.07, 6.45) is 3.08. The van der Waals surface area contributed by atoms with Gasteiger partial charge in [0.2, 0.25) is 0 Å². The number of alkyl carbamates (subject to hydrolysis) is 1. The van der Waals surface area contributed by atoms with Crippen molar-refractivity contribution in [3.8, 4) is 0 Å². The zero-order valence-electron chi connectivity index (χ0n) is 20.6. The Hall–Kier alpha value is -3.12. The molecule has 0 aliphatic heterocycles. The second-order valence-electron chi connectivity index (χ2n) is 9.78. The molecule has 6 heteroatoms. The van der Waals surface area contributed by atoms with Crippen LogP contribution in [0.1, 0.15) is 62.7 Å². The van der Waals surface area contributed by atoms with Crippen molar-refractivity contribution in [1.29, 1.82) is 0 Å². The number of amides is 1. The molecule has 0 fully saturated rings. The lowest BCUT2D eigenvalue weighted by atomic mass is 9.89. The van der Waals surface area contributed by atoms with Gasteiger partial charge in [0.1, 0.15) is 11.4 Å². The van der Waals surface area contributed by atoms with Gasteiger partial charge in [0, 0.05) is 17.8 Å². The van der Waals surface area contributed by atoms with E-state index in [4.69, 9.17) is 4.74 Å². The number of carbonyl (C=O) groups is 1. The Morgan fingerprint density at radius 3 is 2.15 bits per heavy atom. The summed E-state index contributed by atoms with van der Waals surface area (Å²) in [7, 11) is 0. The normalized spacial score (nSPS) is 14.3. The molecule has 3 rings (SSSR count). The largest absolute Gasteiger partial charge is 0.444 e. The van der Waals surface area contributed by atoms with Crippen LogP contribution < -0.4 is 5.32 Å². The van der Waals surface area contributed by atoms with Gasteiger partial charge in [-0.25, -0.2) is 9.78 Å². The van der Waals surface area contributed by atoms with Gasteiger partial charge in [0.15, 0.2) is 0 Å². The van der Waals surface area contributed by atoms with Gasteiger partial charge in [-0.15, -0.1) is 0 Å². The van der Waals surface area contributed by atoms with E-state index in [1.807, 2.05) is 75.5 Å². The Morgan fingerprint density at radius 1 is 1.03 bits per heavy atom. The van der Waals surface area contributed by atoms with E-state index in [0.29, 0.717) is 12.8 Å². The minimum atomic E-state index is -0.795. The van der Waals surface area contributed by atoms with Gasteiger partial charge >= 0.3 is 6.09 Å². The standard InChI is InChI=1S/C28H37N3O3/c1-5-23-19-29-26(30-23)22(16-20-12-8-6-9-13-20)18-25(32)24(17-21-14-10-7-11-15-21)31-27(33)34-28(2,3)4/h6-15,19,22,24-25,32H,5,16-18H2,1-4H3,(H,29,30)(H,31,33)/t22-,24+,25+/m1/s1. The lowest BCUT2D eigenvalue weighted by molar-refractivity contribution is 0.0404. The van der Waals surface area contributed by atoms with Crippen molar-refractivity contribution in [3.05, 3.63) is 89.5 Å². The molecule has 0 bridgehead atoms. The first-order valence-electron chi connectivity index (χ1n) is 12.0. The van der Waals surface area contributed by atoms with Gasteiger partial charge in [-0.2, -0.15) is 0 Å². The highest BCUT2D eigenvalue weighted by atomic mass is 16.6. The van der Waals surface area contributed by atoms with Crippen LogP contribution in [-0.2, 0) is 24.0 Å². The first-order chi connectivity index (χ1) is 16.2. The average Bonchev–Trinajstić information content (AvgIpc) is 3.28. The van der Waals surface area contributed by atoms with Crippen molar-refractivity contribution in [1.82, 2.24) is 15.3 Å². The highest BCUT2D eigenvalue weighted by Gasteiger charge is 2.29. The fraction of sp³-hybridized carbons (Fsp3) is 0.429. The zero-order chi connectivity index (χ0) is 24.6. The number of carbonyl (C=O) groups excluding carboxylic acids is 1. The number of hydrogen-bond acceptors (Lipinski definition) is 4. The summed E-state index contributed by atoms with van der Waals surface area (Å²) in [6, 6.07) is 19.6. The molecule has 0 saturated heterocycles. The van der Waals surface area contributed by atoms with E-state index in [1.54, 1.807) is 0 Å². The molecular weight excluding hydrogens is 426 g/mol. The molecule has 182 valence electrons. The fourth-order valence-corrected chi connectivity index (χ4v) is 4.02. The van der Waals surface area contributed by atoms with Gasteiger partial charge in [0.25, 0.3) is 0 Å². The van der Waals surface area contributed by atoms with Crippen LogP contribution in [0.2, 0.25) is 0 Å². The van der Waals surface area contributed by atoms with E-state index < -0.39 is 23.8 Å². The highest BCUT2D eigenvalue weighted by Crippen LogP contribution is 2.26. The number of rotatable bonds is 10. The topological polar surface area (TPSA) is 87.2 Å². The van der Waals surface area contributed by atoms with Crippen molar-refractivity contribution in [3.63, 3.8) is 0 Å². The van der Waals surface area contributed by atoms with Gasteiger partial charge in [-0.1, -0.05) is 67.6 Å². The molecular formula is C28H37N3O3. The molecule has 0 aliphatic carbocycles. The molecule has 0 saturated carbocycles. The van der Waals surface area contributed by atoms with E-state index in [9.17, 15) is 9.90 Å². The van der Waals surface area contributed by atoms with Crippen LogP contribution in [0.25, 0.3) is 0 Å². The minimum absolute atomic E-state index is 0.0311. The smallest absolute Gasteiger partial charge is 0.407 e. The molecule has 34 heavy (non-hydrogen) atoms. The van der Waals surface area contributed by atoms with Crippen molar-refractivity contribution >= 4 is 6.09 Å². The summed E-state index contributed by atoms with van der Waals surface area (Å²) in [5, 5.41) is 14.3. The Labute approximate surface area is 202 Å². The SMILES string of the molecule is CCc1cnc([C@H](Cc2ccccc2)C[C@H](O)[C@H](Cc2ccccc2)NC(=O)OC(C)(C)C)[nH]1. The maximum Gasteiger partial charge on any atom is 0.407 e. The van der Waals surface area contributed by atoms with E-state index in [0.717, 1.165) is 29.9 Å². The van der Waals surface area contributed by atoms with Gasteiger partial charge in [0.05, 0.1) is 12.1 Å². The molecule has 1 aromatic heterocycles.